The summed E-state index contributed by atoms with van der Waals surface area (Å²) < 4.78 is 43.0. The van der Waals surface area contributed by atoms with Crippen LogP contribution in [0.15, 0.2) is 48.5 Å². The smallest absolute Gasteiger partial charge is 0.407 e. The zero-order chi connectivity index (χ0) is 24.9. The zero-order valence-electron chi connectivity index (χ0n) is 17.8. The third kappa shape index (κ3) is 6.25. The Hall–Kier alpha value is -3.60. The average Bonchev–Trinajstić information content (AvgIpc) is 3.09. The van der Waals surface area contributed by atoms with E-state index in [0.29, 0.717) is 0 Å². The fourth-order valence-corrected chi connectivity index (χ4v) is 3.91. The second-order valence-corrected chi connectivity index (χ2v) is 7.83. The van der Waals surface area contributed by atoms with Crippen LogP contribution in [0, 0.1) is 0 Å². The lowest BCUT2D eigenvalue weighted by atomic mass is 9.98. The topological polar surface area (TPSA) is 125 Å². The fourth-order valence-electron chi connectivity index (χ4n) is 3.91. The number of alkyl halides is 3. The lowest BCUT2D eigenvalue weighted by molar-refractivity contribution is -0.146. The van der Waals surface area contributed by atoms with Crippen molar-refractivity contribution in [2.24, 2.45) is 0 Å². The van der Waals surface area contributed by atoms with Gasteiger partial charge in [0.25, 0.3) is 0 Å². The van der Waals surface area contributed by atoms with Gasteiger partial charge in [-0.2, -0.15) is 13.2 Å². The van der Waals surface area contributed by atoms with Crippen LogP contribution in [-0.4, -0.2) is 59.7 Å². The number of ether oxygens (including phenoxy) is 1. The van der Waals surface area contributed by atoms with E-state index >= 15 is 0 Å². The van der Waals surface area contributed by atoms with Crippen molar-refractivity contribution >= 4 is 18.0 Å². The number of amides is 2. The number of halogens is 3. The van der Waals surface area contributed by atoms with E-state index in [2.05, 4.69) is 5.32 Å². The van der Waals surface area contributed by atoms with E-state index in [0.717, 1.165) is 22.3 Å². The quantitative estimate of drug-likeness (QED) is 0.438. The first kappa shape index (κ1) is 25.0. The van der Waals surface area contributed by atoms with E-state index in [-0.39, 0.29) is 12.5 Å². The minimum atomic E-state index is -4.66. The highest BCUT2D eigenvalue weighted by Crippen LogP contribution is 2.44. The van der Waals surface area contributed by atoms with E-state index in [1.807, 2.05) is 53.8 Å². The molecule has 0 aromatic heterocycles. The van der Waals surface area contributed by atoms with Gasteiger partial charge in [-0.1, -0.05) is 48.5 Å². The van der Waals surface area contributed by atoms with Gasteiger partial charge in [-0.15, -0.1) is 0 Å². The Morgan fingerprint density at radius 2 is 1.53 bits per heavy atom. The SMILES string of the molecule is O=C(O)CC(NC(=O)OCC1c2ccccc2-c2ccccc21)C(=O)NC(CO)CC(F)(F)F. The highest BCUT2D eigenvalue weighted by atomic mass is 19.4. The standard InChI is InChI=1S/C23H23F3N2O6/c24-23(25,26)10-13(11-29)27-21(32)19(9-20(30)31)28-22(33)34-12-18-16-7-3-1-5-14(16)15-6-2-4-8-17(15)18/h1-8,13,18-19,29H,9-12H2,(H,27,32)(H,28,33)(H,30,31). The molecule has 0 aliphatic heterocycles. The number of carboxylic acids is 1. The molecule has 0 radical (unpaired) electrons. The molecule has 0 saturated heterocycles. The molecule has 1 aliphatic carbocycles. The summed E-state index contributed by atoms with van der Waals surface area (Å²) in [5.41, 5.74) is 3.87. The average molecular weight is 480 g/mol. The number of nitrogens with one attached hydrogen (secondary N) is 2. The summed E-state index contributed by atoms with van der Waals surface area (Å²) in [5, 5.41) is 22.2. The van der Waals surface area contributed by atoms with Crippen molar-refractivity contribution in [3.8, 4) is 11.1 Å². The van der Waals surface area contributed by atoms with Crippen LogP contribution in [-0.2, 0) is 14.3 Å². The van der Waals surface area contributed by atoms with Crippen molar-refractivity contribution < 1.29 is 42.5 Å². The van der Waals surface area contributed by atoms with Crippen LogP contribution in [0.3, 0.4) is 0 Å². The van der Waals surface area contributed by atoms with Gasteiger partial charge in [0.05, 0.1) is 25.5 Å². The summed E-state index contributed by atoms with van der Waals surface area (Å²) in [5.74, 6) is -2.93. The normalized spacial score (nSPS) is 14.5. The third-order valence-electron chi connectivity index (χ3n) is 5.38. The number of aliphatic carboxylic acids is 1. The lowest BCUT2D eigenvalue weighted by Gasteiger charge is -2.22. The summed E-state index contributed by atoms with van der Waals surface area (Å²) in [7, 11) is 0. The van der Waals surface area contributed by atoms with Gasteiger partial charge >= 0.3 is 18.2 Å². The van der Waals surface area contributed by atoms with Crippen LogP contribution in [0.2, 0.25) is 0 Å². The van der Waals surface area contributed by atoms with Gasteiger partial charge < -0.3 is 25.6 Å². The van der Waals surface area contributed by atoms with Crippen LogP contribution >= 0.6 is 0 Å². The van der Waals surface area contributed by atoms with Crippen LogP contribution < -0.4 is 10.6 Å². The molecule has 34 heavy (non-hydrogen) atoms. The Labute approximate surface area is 192 Å². The maximum Gasteiger partial charge on any atom is 0.407 e. The molecule has 2 atom stereocenters. The molecule has 2 aromatic rings. The largest absolute Gasteiger partial charge is 0.481 e. The number of fused-ring (bicyclic) bond motifs is 3. The molecule has 0 saturated carbocycles. The van der Waals surface area contributed by atoms with Gasteiger partial charge in [0.1, 0.15) is 12.6 Å². The summed E-state index contributed by atoms with van der Waals surface area (Å²) in [6.45, 7) is -1.12. The first-order valence-corrected chi connectivity index (χ1v) is 10.4. The van der Waals surface area contributed by atoms with Gasteiger partial charge in [0.15, 0.2) is 0 Å². The maximum absolute atomic E-state index is 12.6. The second kappa shape index (κ2) is 10.6. The number of carbonyl (C=O) groups is 3. The maximum atomic E-state index is 12.6. The molecule has 4 N–H and O–H groups in total. The zero-order valence-corrected chi connectivity index (χ0v) is 17.8. The fraction of sp³-hybridized carbons (Fsp3) is 0.348. The van der Waals surface area contributed by atoms with Crippen molar-refractivity contribution in [1.82, 2.24) is 10.6 Å². The van der Waals surface area contributed by atoms with E-state index in [1.54, 1.807) is 0 Å². The molecular formula is C23H23F3N2O6. The Balaban J connectivity index is 1.65. The third-order valence-corrected chi connectivity index (χ3v) is 5.38. The number of hydrogen-bond donors (Lipinski definition) is 4. The van der Waals surface area contributed by atoms with E-state index in [4.69, 9.17) is 14.9 Å². The first-order valence-electron chi connectivity index (χ1n) is 10.4. The van der Waals surface area contributed by atoms with Gasteiger partial charge in [-0.25, -0.2) is 4.79 Å². The predicted molar refractivity (Wildman–Crippen MR) is 114 cm³/mol. The van der Waals surface area contributed by atoms with Gasteiger partial charge in [0, 0.05) is 5.92 Å². The molecule has 11 heteroatoms. The molecule has 0 fully saturated rings. The summed E-state index contributed by atoms with van der Waals surface area (Å²) in [6.07, 6.45) is -8.16. The van der Waals surface area contributed by atoms with Crippen molar-refractivity contribution in [2.75, 3.05) is 13.2 Å². The van der Waals surface area contributed by atoms with Crippen molar-refractivity contribution in [3.05, 3.63) is 59.7 Å². The van der Waals surface area contributed by atoms with E-state index in [1.165, 1.54) is 0 Å². The Kier molecular flexibility index (Phi) is 7.77. The number of rotatable bonds is 9. The number of aliphatic hydroxyl groups excluding tert-OH is 1. The molecule has 0 bridgehead atoms. The van der Waals surface area contributed by atoms with Gasteiger partial charge in [-0.3, -0.25) is 9.59 Å². The molecule has 8 nitrogen and oxygen atoms in total. The van der Waals surface area contributed by atoms with Crippen LogP contribution in [0.25, 0.3) is 11.1 Å². The van der Waals surface area contributed by atoms with Crippen LogP contribution in [0.5, 0.6) is 0 Å². The van der Waals surface area contributed by atoms with Crippen molar-refractivity contribution in [1.29, 1.82) is 0 Å². The Bertz CT molecular complexity index is 1010. The summed E-state index contributed by atoms with van der Waals surface area (Å²) >= 11 is 0. The molecular weight excluding hydrogens is 457 g/mol. The Morgan fingerprint density at radius 1 is 0.971 bits per heavy atom. The summed E-state index contributed by atoms with van der Waals surface area (Å²) in [6, 6.07) is 11.8. The highest BCUT2D eigenvalue weighted by Gasteiger charge is 2.34. The first-order chi connectivity index (χ1) is 16.1. The number of aliphatic hydroxyl groups is 1. The molecule has 2 unspecified atom stereocenters. The van der Waals surface area contributed by atoms with Crippen LogP contribution in [0.4, 0.5) is 18.0 Å². The number of benzene rings is 2. The molecule has 2 aromatic carbocycles. The van der Waals surface area contributed by atoms with E-state index < -0.39 is 55.7 Å². The predicted octanol–water partition coefficient (Wildman–Crippen LogP) is 2.80. The number of hydrogen-bond acceptors (Lipinski definition) is 5. The van der Waals surface area contributed by atoms with Crippen LogP contribution in [0.1, 0.15) is 29.9 Å². The van der Waals surface area contributed by atoms with E-state index in [9.17, 15) is 27.6 Å². The summed E-state index contributed by atoms with van der Waals surface area (Å²) in [4.78, 5) is 35.8. The molecule has 3 rings (SSSR count). The van der Waals surface area contributed by atoms with Gasteiger partial charge in [0.2, 0.25) is 5.91 Å². The number of alkyl carbamates (subject to hydrolysis) is 1. The number of carbonyl (C=O) groups excluding carboxylic acids is 2. The Morgan fingerprint density at radius 3 is 2.03 bits per heavy atom. The molecule has 182 valence electrons. The molecule has 1 aliphatic rings. The van der Waals surface area contributed by atoms with Gasteiger partial charge in [-0.05, 0) is 22.3 Å². The minimum absolute atomic E-state index is 0.103. The highest BCUT2D eigenvalue weighted by molar-refractivity contribution is 5.89. The van der Waals surface area contributed by atoms with Crippen molar-refractivity contribution in [3.63, 3.8) is 0 Å². The second-order valence-electron chi connectivity index (χ2n) is 7.83. The molecule has 0 heterocycles. The lowest BCUT2D eigenvalue weighted by Crippen LogP contribution is -2.52. The molecule has 0 spiro atoms. The number of carboxylic acid groups (broad SMARTS) is 1. The monoisotopic (exact) mass is 480 g/mol. The minimum Gasteiger partial charge on any atom is -0.481 e. The molecule has 2 amide bonds. The van der Waals surface area contributed by atoms with Crippen molar-refractivity contribution in [2.45, 2.75) is 37.0 Å².